The zero-order valence-electron chi connectivity index (χ0n) is 12.6. The van der Waals surface area contributed by atoms with Gasteiger partial charge in [-0.25, -0.2) is 4.98 Å². The average molecular weight is 303 g/mol. The Labute approximate surface area is 129 Å². The van der Waals surface area contributed by atoms with Crippen molar-refractivity contribution in [3.8, 4) is 17.0 Å². The third-order valence-electron chi connectivity index (χ3n) is 3.79. The molecule has 0 spiro atoms. The second kappa shape index (κ2) is 5.93. The van der Waals surface area contributed by atoms with Crippen molar-refractivity contribution in [3.63, 3.8) is 0 Å². The quantitative estimate of drug-likeness (QED) is 0.935. The fraction of sp³-hybridized carbons (Fsp3) is 0.438. The SMILES string of the molecule is CCCCN1CCOc2ccc(-c3nc(N)sc3C)cc21. The van der Waals surface area contributed by atoms with Crippen LogP contribution in [0.1, 0.15) is 24.6 Å². The van der Waals surface area contributed by atoms with Gasteiger partial charge >= 0.3 is 0 Å². The van der Waals surface area contributed by atoms with Gasteiger partial charge in [-0.05, 0) is 31.5 Å². The maximum absolute atomic E-state index is 5.82. The number of nitrogen functional groups attached to an aromatic ring is 1. The molecule has 1 aromatic carbocycles. The van der Waals surface area contributed by atoms with Gasteiger partial charge in [-0.2, -0.15) is 0 Å². The molecule has 0 saturated heterocycles. The van der Waals surface area contributed by atoms with Gasteiger partial charge in [0, 0.05) is 17.0 Å². The Kier molecular flexibility index (Phi) is 4.01. The summed E-state index contributed by atoms with van der Waals surface area (Å²) in [6.45, 7) is 7.08. The van der Waals surface area contributed by atoms with Gasteiger partial charge in [0.15, 0.2) is 5.13 Å². The maximum atomic E-state index is 5.82. The minimum atomic E-state index is 0.624. The molecule has 0 unspecified atom stereocenters. The van der Waals surface area contributed by atoms with Gasteiger partial charge in [0.1, 0.15) is 12.4 Å². The average Bonchev–Trinajstić information content (AvgIpc) is 2.83. The van der Waals surface area contributed by atoms with E-state index in [4.69, 9.17) is 10.5 Å². The van der Waals surface area contributed by atoms with Crippen molar-refractivity contribution in [2.24, 2.45) is 0 Å². The van der Waals surface area contributed by atoms with Crippen LogP contribution in [0.5, 0.6) is 5.75 Å². The molecule has 0 fully saturated rings. The van der Waals surface area contributed by atoms with Crippen molar-refractivity contribution < 1.29 is 4.74 Å². The van der Waals surface area contributed by atoms with Gasteiger partial charge in [0.05, 0.1) is 17.9 Å². The van der Waals surface area contributed by atoms with E-state index >= 15 is 0 Å². The van der Waals surface area contributed by atoms with Gasteiger partial charge in [-0.1, -0.05) is 13.3 Å². The normalized spacial score (nSPS) is 13.9. The van der Waals surface area contributed by atoms with Gasteiger partial charge in [0.2, 0.25) is 0 Å². The second-order valence-corrected chi connectivity index (χ2v) is 6.56. The molecule has 112 valence electrons. The Hall–Kier alpha value is -1.75. The summed E-state index contributed by atoms with van der Waals surface area (Å²) in [7, 11) is 0. The van der Waals surface area contributed by atoms with E-state index in [1.807, 2.05) is 0 Å². The molecule has 0 aliphatic carbocycles. The number of anilines is 2. The number of aryl methyl sites for hydroxylation is 1. The first kappa shape index (κ1) is 14.2. The summed E-state index contributed by atoms with van der Waals surface area (Å²) in [5, 5.41) is 0.624. The number of unbranched alkanes of at least 4 members (excludes halogenated alkanes) is 1. The van der Waals surface area contributed by atoms with Gasteiger partial charge in [-0.15, -0.1) is 11.3 Å². The molecule has 1 aromatic heterocycles. The van der Waals surface area contributed by atoms with E-state index in [0.717, 1.165) is 41.6 Å². The van der Waals surface area contributed by atoms with Crippen LogP contribution >= 0.6 is 11.3 Å². The van der Waals surface area contributed by atoms with E-state index in [1.165, 1.54) is 29.9 Å². The molecule has 21 heavy (non-hydrogen) atoms. The Morgan fingerprint density at radius 2 is 2.29 bits per heavy atom. The summed E-state index contributed by atoms with van der Waals surface area (Å²) >= 11 is 1.54. The molecule has 0 amide bonds. The number of nitrogens with zero attached hydrogens (tertiary/aromatic N) is 2. The highest BCUT2D eigenvalue weighted by Crippen LogP contribution is 2.37. The molecule has 4 nitrogen and oxygen atoms in total. The molecule has 1 aliphatic heterocycles. The Bertz CT molecular complexity index is 638. The van der Waals surface area contributed by atoms with E-state index < -0.39 is 0 Å². The number of ether oxygens (including phenoxy) is 1. The van der Waals surface area contributed by atoms with Crippen LogP contribution in [0.2, 0.25) is 0 Å². The molecule has 1 aliphatic rings. The van der Waals surface area contributed by atoms with Crippen LogP contribution in [0, 0.1) is 6.92 Å². The zero-order chi connectivity index (χ0) is 14.8. The van der Waals surface area contributed by atoms with Crippen LogP contribution in [0.3, 0.4) is 0 Å². The van der Waals surface area contributed by atoms with Crippen LogP contribution in [-0.2, 0) is 0 Å². The number of hydrogen-bond acceptors (Lipinski definition) is 5. The number of nitrogens with two attached hydrogens (primary N) is 1. The molecule has 3 rings (SSSR count). The number of hydrogen-bond donors (Lipinski definition) is 1. The molecule has 0 atom stereocenters. The molecular formula is C16H21N3OS. The number of fused-ring (bicyclic) bond motifs is 1. The predicted molar refractivity (Wildman–Crippen MR) is 89.3 cm³/mol. The third-order valence-corrected chi connectivity index (χ3v) is 4.59. The van der Waals surface area contributed by atoms with Gasteiger partial charge < -0.3 is 15.4 Å². The van der Waals surface area contributed by atoms with Crippen LogP contribution < -0.4 is 15.4 Å². The second-order valence-electron chi connectivity index (χ2n) is 5.33. The molecule has 2 heterocycles. The molecular weight excluding hydrogens is 282 g/mol. The topological polar surface area (TPSA) is 51.4 Å². The first-order chi connectivity index (χ1) is 10.2. The van der Waals surface area contributed by atoms with Crippen molar-refractivity contribution in [2.75, 3.05) is 30.3 Å². The number of thiazole rings is 1. The van der Waals surface area contributed by atoms with Crippen molar-refractivity contribution in [2.45, 2.75) is 26.7 Å². The highest BCUT2D eigenvalue weighted by Gasteiger charge is 2.19. The van der Waals surface area contributed by atoms with Crippen molar-refractivity contribution in [1.29, 1.82) is 0 Å². The maximum Gasteiger partial charge on any atom is 0.180 e. The molecule has 2 aromatic rings. The first-order valence-electron chi connectivity index (χ1n) is 7.44. The minimum Gasteiger partial charge on any atom is -0.490 e. The summed E-state index contributed by atoms with van der Waals surface area (Å²) < 4.78 is 5.78. The summed E-state index contributed by atoms with van der Waals surface area (Å²) in [5.74, 6) is 0.974. The van der Waals surface area contributed by atoms with Crippen LogP contribution in [-0.4, -0.2) is 24.7 Å². The van der Waals surface area contributed by atoms with Crippen molar-refractivity contribution >= 4 is 22.2 Å². The summed E-state index contributed by atoms with van der Waals surface area (Å²) in [4.78, 5) is 8.02. The lowest BCUT2D eigenvalue weighted by Crippen LogP contribution is -2.33. The predicted octanol–water partition coefficient (Wildman–Crippen LogP) is 3.70. The number of benzene rings is 1. The smallest absolute Gasteiger partial charge is 0.180 e. The van der Waals surface area contributed by atoms with Crippen molar-refractivity contribution in [1.82, 2.24) is 4.98 Å². The number of aromatic nitrogens is 1. The van der Waals surface area contributed by atoms with E-state index in [-0.39, 0.29) is 0 Å². The van der Waals surface area contributed by atoms with Crippen LogP contribution in [0.25, 0.3) is 11.3 Å². The molecule has 0 radical (unpaired) electrons. The summed E-state index contributed by atoms with van der Waals surface area (Å²) in [5.41, 5.74) is 9.10. The fourth-order valence-electron chi connectivity index (χ4n) is 2.69. The highest BCUT2D eigenvalue weighted by atomic mass is 32.1. The Balaban J connectivity index is 1.97. The van der Waals surface area contributed by atoms with Crippen molar-refractivity contribution in [3.05, 3.63) is 23.1 Å². The first-order valence-corrected chi connectivity index (χ1v) is 8.25. The molecule has 0 saturated carbocycles. The Morgan fingerprint density at radius 1 is 1.43 bits per heavy atom. The fourth-order valence-corrected chi connectivity index (χ4v) is 3.40. The summed E-state index contributed by atoms with van der Waals surface area (Å²) in [6, 6.07) is 6.31. The van der Waals surface area contributed by atoms with Gasteiger partial charge in [-0.3, -0.25) is 0 Å². The lowest BCUT2D eigenvalue weighted by molar-refractivity contribution is 0.307. The minimum absolute atomic E-state index is 0.624. The zero-order valence-corrected chi connectivity index (χ0v) is 13.4. The summed E-state index contributed by atoms with van der Waals surface area (Å²) in [6.07, 6.45) is 2.40. The third kappa shape index (κ3) is 2.83. The Morgan fingerprint density at radius 3 is 3.00 bits per heavy atom. The van der Waals surface area contributed by atoms with Crippen LogP contribution in [0.4, 0.5) is 10.8 Å². The largest absolute Gasteiger partial charge is 0.490 e. The monoisotopic (exact) mass is 303 g/mol. The molecule has 2 N–H and O–H groups in total. The molecule has 0 bridgehead atoms. The standard InChI is InChI=1S/C16H21N3OS/c1-3-4-7-19-8-9-20-14-6-5-12(10-13(14)19)15-11(2)21-16(17)18-15/h5-6,10H,3-4,7-9H2,1-2H3,(H2,17,18). The van der Waals surface area contributed by atoms with Crippen LogP contribution in [0.15, 0.2) is 18.2 Å². The van der Waals surface area contributed by atoms with E-state index in [0.29, 0.717) is 5.13 Å². The van der Waals surface area contributed by atoms with E-state index in [1.54, 1.807) is 0 Å². The van der Waals surface area contributed by atoms with E-state index in [9.17, 15) is 0 Å². The van der Waals surface area contributed by atoms with Gasteiger partial charge in [0.25, 0.3) is 0 Å². The van der Waals surface area contributed by atoms with E-state index in [2.05, 4.69) is 41.9 Å². The lowest BCUT2D eigenvalue weighted by atomic mass is 10.1. The number of rotatable bonds is 4. The molecule has 5 heteroatoms. The highest BCUT2D eigenvalue weighted by molar-refractivity contribution is 7.15. The lowest BCUT2D eigenvalue weighted by Gasteiger charge is -2.31.